The van der Waals surface area contributed by atoms with Crippen molar-refractivity contribution in [2.24, 2.45) is 0 Å². The third kappa shape index (κ3) is 4.92. The van der Waals surface area contributed by atoms with Gasteiger partial charge in [0.05, 0.1) is 25.9 Å². The van der Waals surface area contributed by atoms with Crippen molar-refractivity contribution in [2.45, 2.75) is 51.4 Å². The zero-order valence-corrected chi connectivity index (χ0v) is 11.6. The fourth-order valence-electron chi connectivity index (χ4n) is 2.24. The van der Waals surface area contributed by atoms with Gasteiger partial charge in [-0.25, -0.2) is 0 Å². The van der Waals surface area contributed by atoms with E-state index in [1.165, 1.54) is 7.11 Å². The monoisotopic (exact) mass is 259 g/mol. The summed E-state index contributed by atoms with van der Waals surface area (Å²) in [6.45, 7) is 5.47. The fourth-order valence-corrected chi connectivity index (χ4v) is 2.24. The average Bonchev–Trinajstić information content (AvgIpc) is 2.36. The van der Waals surface area contributed by atoms with Crippen molar-refractivity contribution in [3.05, 3.63) is 0 Å². The molecule has 1 aliphatic rings. The molecule has 0 amide bonds. The molecule has 0 spiro atoms. The molecule has 0 saturated carbocycles. The van der Waals surface area contributed by atoms with Crippen molar-refractivity contribution in [3.8, 4) is 0 Å². The largest absolute Gasteiger partial charge is 0.468 e. The van der Waals surface area contributed by atoms with Crippen LogP contribution in [0.5, 0.6) is 0 Å². The van der Waals surface area contributed by atoms with Crippen LogP contribution in [0.15, 0.2) is 0 Å². The van der Waals surface area contributed by atoms with E-state index < -0.39 is 6.10 Å². The Bertz CT molecular complexity index is 257. The van der Waals surface area contributed by atoms with E-state index in [-0.39, 0.29) is 18.1 Å². The average molecular weight is 259 g/mol. The predicted octanol–water partition coefficient (Wildman–Crippen LogP) is 0.800. The number of rotatable bonds is 6. The van der Waals surface area contributed by atoms with Gasteiger partial charge in [-0.2, -0.15) is 0 Å². The highest BCUT2D eigenvalue weighted by atomic mass is 16.5. The second-order valence-electron chi connectivity index (χ2n) is 5.07. The second kappa shape index (κ2) is 7.71. The number of methoxy groups -OCH3 is 1. The first kappa shape index (κ1) is 15.4. The molecule has 5 heteroatoms. The van der Waals surface area contributed by atoms with E-state index in [0.717, 1.165) is 25.8 Å². The maximum atomic E-state index is 11.6. The summed E-state index contributed by atoms with van der Waals surface area (Å²) in [6, 6.07) is -0.211. The van der Waals surface area contributed by atoms with Crippen molar-refractivity contribution in [3.63, 3.8) is 0 Å². The molecule has 1 fully saturated rings. The summed E-state index contributed by atoms with van der Waals surface area (Å²) < 4.78 is 10.2. The SMILES string of the molecule is COC(=O)[C@H]1CCCCN1CC(O)COC(C)C. The standard InChI is InChI=1S/C13H25NO4/c1-10(2)18-9-11(15)8-14-7-5-4-6-12(14)13(16)17-3/h10-12,15H,4-9H2,1-3H3/t11?,12-/m1/s1. The number of ether oxygens (including phenoxy) is 2. The highest BCUT2D eigenvalue weighted by molar-refractivity contribution is 5.75. The molecule has 2 atom stereocenters. The number of likely N-dealkylation sites (tertiary alicyclic amines) is 1. The lowest BCUT2D eigenvalue weighted by Gasteiger charge is -2.34. The molecule has 0 bridgehead atoms. The molecule has 1 saturated heterocycles. The highest BCUT2D eigenvalue weighted by Gasteiger charge is 2.30. The molecule has 1 aliphatic heterocycles. The van der Waals surface area contributed by atoms with Crippen molar-refractivity contribution >= 4 is 5.97 Å². The number of esters is 1. The summed E-state index contributed by atoms with van der Waals surface area (Å²) in [5.74, 6) is -0.202. The van der Waals surface area contributed by atoms with Crippen molar-refractivity contribution in [1.29, 1.82) is 0 Å². The maximum absolute atomic E-state index is 11.6. The topological polar surface area (TPSA) is 59.0 Å². The summed E-state index contributed by atoms with van der Waals surface area (Å²) in [5, 5.41) is 9.90. The minimum absolute atomic E-state index is 0.109. The third-order valence-corrected chi connectivity index (χ3v) is 3.15. The fraction of sp³-hybridized carbons (Fsp3) is 0.923. The van der Waals surface area contributed by atoms with E-state index in [9.17, 15) is 9.90 Å². The maximum Gasteiger partial charge on any atom is 0.323 e. The van der Waals surface area contributed by atoms with Gasteiger partial charge in [0.15, 0.2) is 0 Å². The Morgan fingerprint density at radius 3 is 2.78 bits per heavy atom. The Morgan fingerprint density at radius 1 is 1.44 bits per heavy atom. The van der Waals surface area contributed by atoms with Gasteiger partial charge < -0.3 is 14.6 Å². The van der Waals surface area contributed by atoms with Gasteiger partial charge in [-0.1, -0.05) is 6.42 Å². The summed E-state index contributed by atoms with van der Waals surface area (Å²) in [5.41, 5.74) is 0. The third-order valence-electron chi connectivity index (χ3n) is 3.15. The lowest BCUT2D eigenvalue weighted by atomic mass is 10.0. The Balaban J connectivity index is 2.43. The molecular weight excluding hydrogens is 234 g/mol. The van der Waals surface area contributed by atoms with E-state index in [1.807, 2.05) is 18.7 Å². The van der Waals surface area contributed by atoms with Crippen molar-refractivity contribution in [2.75, 3.05) is 26.8 Å². The zero-order chi connectivity index (χ0) is 13.5. The van der Waals surface area contributed by atoms with Crippen LogP contribution in [-0.4, -0.2) is 61.0 Å². The Labute approximate surface area is 109 Å². The van der Waals surface area contributed by atoms with Gasteiger partial charge in [0.1, 0.15) is 6.04 Å². The number of aliphatic hydroxyl groups is 1. The molecular formula is C13H25NO4. The van der Waals surface area contributed by atoms with E-state index in [2.05, 4.69) is 0 Å². The van der Waals surface area contributed by atoms with E-state index in [0.29, 0.717) is 13.2 Å². The second-order valence-corrected chi connectivity index (χ2v) is 5.07. The van der Waals surface area contributed by atoms with Gasteiger partial charge in [0.25, 0.3) is 0 Å². The van der Waals surface area contributed by atoms with Crippen LogP contribution < -0.4 is 0 Å². The number of β-amino-alcohol motifs (C(OH)–C–C–N with tert-alkyl or cyclic N) is 1. The Kier molecular flexibility index (Phi) is 6.60. The van der Waals surface area contributed by atoms with Gasteiger partial charge in [-0.15, -0.1) is 0 Å². The molecule has 0 aromatic rings. The van der Waals surface area contributed by atoms with Crippen LogP contribution in [0.25, 0.3) is 0 Å². The minimum atomic E-state index is -0.558. The molecule has 0 radical (unpaired) electrons. The first-order valence-corrected chi connectivity index (χ1v) is 6.66. The molecule has 0 aromatic heterocycles. The van der Waals surface area contributed by atoms with Crippen LogP contribution in [-0.2, 0) is 14.3 Å². The summed E-state index contributed by atoms with van der Waals surface area (Å²) >= 11 is 0. The number of carbonyl (C=O) groups excluding carboxylic acids is 1. The normalized spacial score (nSPS) is 23.1. The number of hydrogen-bond acceptors (Lipinski definition) is 5. The number of piperidine rings is 1. The molecule has 5 nitrogen and oxygen atoms in total. The number of nitrogens with zero attached hydrogens (tertiary/aromatic N) is 1. The zero-order valence-electron chi connectivity index (χ0n) is 11.6. The quantitative estimate of drug-likeness (QED) is 0.715. The van der Waals surface area contributed by atoms with Gasteiger partial charge in [0.2, 0.25) is 0 Å². The van der Waals surface area contributed by atoms with Gasteiger partial charge >= 0.3 is 5.97 Å². The van der Waals surface area contributed by atoms with E-state index in [4.69, 9.17) is 9.47 Å². The molecule has 1 rings (SSSR count). The smallest absolute Gasteiger partial charge is 0.323 e. The molecule has 1 heterocycles. The van der Waals surface area contributed by atoms with Crippen LogP contribution in [0.4, 0.5) is 0 Å². The van der Waals surface area contributed by atoms with Crippen LogP contribution in [0.1, 0.15) is 33.1 Å². The van der Waals surface area contributed by atoms with E-state index in [1.54, 1.807) is 0 Å². The molecule has 0 aliphatic carbocycles. The summed E-state index contributed by atoms with van der Waals surface area (Å²) in [6.07, 6.45) is 2.46. The highest BCUT2D eigenvalue weighted by Crippen LogP contribution is 2.18. The summed E-state index contributed by atoms with van der Waals surface area (Å²) in [7, 11) is 1.41. The molecule has 0 aromatic carbocycles. The minimum Gasteiger partial charge on any atom is -0.468 e. The number of carbonyl (C=O) groups is 1. The van der Waals surface area contributed by atoms with Crippen molar-refractivity contribution < 1.29 is 19.4 Å². The molecule has 18 heavy (non-hydrogen) atoms. The number of aliphatic hydroxyl groups excluding tert-OH is 1. The molecule has 1 N–H and O–H groups in total. The number of hydrogen-bond donors (Lipinski definition) is 1. The Hall–Kier alpha value is -0.650. The lowest BCUT2D eigenvalue weighted by molar-refractivity contribution is -0.149. The van der Waals surface area contributed by atoms with Gasteiger partial charge in [-0.05, 0) is 33.2 Å². The van der Waals surface area contributed by atoms with Crippen molar-refractivity contribution in [1.82, 2.24) is 4.90 Å². The van der Waals surface area contributed by atoms with E-state index >= 15 is 0 Å². The Morgan fingerprint density at radius 2 is 2.17 bits per heavy atom. The van der Waals surface area contributed by atoms with Gasteiger partial charge in [-0.3, -0.25) is 9.69 Å². The van der Waals surface area contributed by atoms with Crippen LogP contribution in [0, 0.1) is 0 Å². The molecule has 1 unspecified atom stereocenters. The summed E-state index contributed by atoms with van der Waals surface area (Å²) in [4.78, 5) is 13.7. The van der Waals surface area contributed by atoms with Crippen LogP contribution in [0.2, 0.25) is 0 Å². The molecule has 106 valence electrons. The first-order chi connectivity index (χ1) is 8.54. The van der Waals surface area contributed by atoms with Crippen LogP contribution in [0.3, 0.4) is 0 Å². The first-order valence-electron chi connectivity index (χ1n) is 6.66. The lowest BCUT2D eigenvalue weighted by Crippen LogP contribution is -2.49. The van der Waals surface area contributed by atoms with Crippen LogP contribution >= 0.6 is 0 Å². The predicted molar refractivity (Wildman–Crippen MR) is 68.3 cm³/mol. The van der Waals surface area contributed by atoms with Gasteiger partial charge in [0, 0.05) is 6.54 Å².